The molecule has 2 heterocycles. The summed E-state index contributed by atoms with van der Waals surface area (Å²) in [4.78, 5) is 30.3. The van der Waals surface area contributed by atoms with Crippen molar-refractivity contribution in [1.82, 2.24) is 9.97 Å². The van der Waals surface area contributed by atoms with Gasteiger partial charge in [0, 0.05) is 29.8 Å². The van der Waals surface area contributed by atoms with Crippen LogP contribution >= 0.6 is 11.3 Å². The summed E-state index contributed by atoms with van der Waals surface area (Å²) in [6.45, 7) is 0. The summed E-state index contributed by atoms with van der Waals surface area (Å²) in [6, 6.07) is 5.51. The SMILES string of the molecule is O=C(O)C(O)=CC(=O)c1csc(Cc2ccccn2)n1. The summed E-state index contributed by atoms with van der Waals surface area (Å²) >= 11 is 1.28. The molecule has 2 N–H and O–H groups in total. The van der Waals surface area contributed by atoms with E-state index < -0.39 is 17.5 Å². The largest absolute Gasteiger partial charge is 0.502 e. The van der Waals surface area contributed by atoms with Gasteiger partial charge in [-0.25, -0.2) is 9.78 Å². The van der Waals surface area contributed by atoms with Crippen molar-refractivity contribution in [2.45, 2.75) is 6.42 Å². The maximum absolute atomic E-state index is 11.7. The Morgan fingerprint density at radius 1 is 1.30 bits per heavy atom. The van der Waals surface area contributed by atoms with E-state index in [0.29, 0.717) is 17.5 Å². The molecule has 0 saturated heterocycles. The van der Waals surface area contributed by atoms with Crippen molar-refractivity contribution in [3.8, 4) is 0 Å². The highest BCUT2D eigenvalue weighted by atomic mass is 32.1. The van der Waals surface area contributed by atoms with Gasteiger partial charge >= 0.3 is 5.97 Å². The number of hydrogen-bond acceptors (Lipinski definition) is 6. The molecule has 0 aliphatic carbocycles. The minimum absolute atomic E-state index is 0.105. The van der Waals surface area contributed by atoms with Gasteiger partial charge < -0.3 is 10.2 Å². The van der Waals surface area contributed by atoms with Crippen LogP contribution in [0.25, 0.3) is 0 Å². The molecule has 0 bridgehead atoms. The number of hydrogen-bond donors (Lipinski definition) is 2. The van der Waals surface area contributed by atoms with E-state index in [2.05, 4.69) is 9.97 Å². The van der Waals surface area contributed by atoms with Gasteiger partial charge in [-0.1, -0.05) is 6.07 Å². The van der Waals surface area contributed by atoms with Crippen LogP contribution in [0.5, 0.6) is 0 Å². The van der Waals surface area contributed by atoms with Crippen LogP contribution in [-0.4, -0.2) is 31.9 Å². The molecule has 102 valence electrons. The van der Waals surface area contributed by atoms with E-state index in [4.69, 9.17) is 10.2 Å². The lowest BCUT2D eigenvalue weighted by atomic mass is 10.2. The highest BCUT2D eigenvalue weighted by Gasteiger charge is 2.13. The van der Waals surface area contributed by atoms with Gasteiger partial charge in [0.2, 0.25) is 11.5 Å². The number of carboxylic acids is 1. The number of allylic oxidation sites excluding steroid dienone is 1. The van der Waals surface area contributed by atoms with E-state index in [-0.39, 0.29) is 5.69 Å². The zero-order chi connectivity index (χ0) is 14.5. The molecule has 20 heavy (non-hydrogen) atoms. The van der Waals surface area contributed by atoms with Gasteiger partial charge in [-0.3, -0.25) is 9.78 Å². The molecule has 0 amide bonds. The molecule has 0 aromatic carbocycles. The fourth-order valence-corrected chi connectivity index (χ4v) is 2.22. The zero-order valence-corrected chi connectivity index (χ0v) is 11.0. The molecule has 0 aliphatic rings. The number of pyridine rings is 1. The number of nitrogens with zero attached hydrogens (tertiary/aromatic N) is 2. The Hall–Kier alpha value is -2.54. The second kappa shape index (κ2) is 6.07. The summed E-state index contributed by atoms with van der Waals surface area (Å²) in [5.41, 5.74) is 0.929. The van der Waals surface area contributed by atoms with Gasteiger partial charge in [0.1, 0.15) is 5.69 Å². The lowest BCUT2D eigenvalue weighted by Gasteiger charge is -1.95. The number of ketones is 1. The molecular formula is C13H10N2O4S. The lowest BCUT2D eigenvalue weighted by Crippen LogP contribution is -2.04. The topological polar surface area (TPSA) is 100 Å². The van der Waals surface area contributed by atoms with Crippen molar-refractivity contribution in [2.24, 2.45) is 0 Å². The van der Waals surface area contributed by atoms with E-state index in [1.807, 2.05) is 12.1 Å². The Labute approximate surface area is 118 Å². The molecule has 0 unspecified atom stereocenters. The van der Waals surface area contributed by atoms with Crippen molar-refractivity contribution >= 4 is 23.1 Å². The minimum Gasteiger partial charge on any atom is -0.502 e. The monoisotopic (exact) mass is 290 g/mol. The molecule has 2 rings (SSSR count). The van der Waals surface area contributed by atoms with Gasteiger partial charge in [-0.15, -0.1) is 11.3 Å². The first-order chi connectivity index (χ1) is 9.56. The quantitative estimate of drug-likeness (QED) is 0.495. The molecule has 0 fully saturated rings. The Balaban J connectivity index is 2.11. The summed E-state index contributed by atoms with van der Waals surface area (Å²) in [5.74, 6) is -3.20. The Morgan fingerprint density at radius 2 is 2.10 bits per heavy atom. The molecule has 0 atom stereocenters. The molecule has 0 saturated carbocycles. The van der Waals surface area contributed by atoms with Gasteiger partial charge in [0.25, 0.3) is 0 Å². The van der Waals surface area contributed by atoms with Crippen molar-refractivity contribution in [2.75, 3.05) is 0 Å². The first-order valence-corrected chi connectivity index (χ1v) is 6.47. The second-order valence-corrected chi connectivity index (χ2v) is 4.77. The number of aromatic nitrogens is 2. The van der Waals surface area contributed by atoms with Gasteiger partial charge in [0.15, 0.2) is 0 Å². The number of carbonyl (C=O) groups is 2. The van der Waals surface area contributed by atoms with Gasteiger partial charge in [0.05, 0.1) is 5.01 Å². The van der Waals surface area contributed by atoms with E-state index in [1.165, 1.54) is 16.7 Å². The van der Waals surface area contributed by atoms with Gasteiger partial charge in [-0.2, -0.15) is 0 Å². The van der Waals surface area contributed by atoms with Crippen LogP contribution in [0.3, 0.4) is 0 Å². The highest BCUT2D eigenvalue weighted by molar-refractivity contribution is 7.09. The van der Waals surface area contributed by atoms with Crippen LogP contribution in [0.15, 0.2) is 41.6 Å². The van der Waals surface area contributed by atoms with Crippen LogP contribution in [0.2, 0.25) is 0 Å². The Morgan fingerprint density at radius 3 is 2.75 bits per heavy atom. The molecule has 0 radical (unpaired) electrons. The number of thiazole rings is 1. The fourth-order valence-electron chi connectivity index (χ4n) is 1.42. The summed E-state index contributed by atoms with van der Waals surface area (Å²) < 4.78 is 0. The number of aliphatic carboxylic acids is 1. The minimum atomic E-state index is -1.55. The number of carbonyl (C=O) groups excluding carboxylic acids is 1. The smallest absolute Gasteiger partial charge is 0.371 e. The third-order valence-corrected chi connectivity index (χ3v) is 3.20. The molecule has 7 heteroatoms. The zero-order valence-electron chi connectivity index (χ0n) is 10.2. The third-order valence-electron chi connectivity index (χ3n) is 2.35. The molecular weight excluding hydrogens is 280 g/mol. The van der Waals surface area contributed by atoms with E-state index in [9.17, 15) is 9.59 Å². The van der Waals surface area contributed by atoms with Crippen molar-refractivity contribution < 1.29 is 19.8 Å². The van der Waals surface area contributed by atoms with Crippen LogP contribution in [0, 0.1) is 0 Å². The van der Waals surface area contributed by atoms with E-state index >= 15 is 0 Å². The summed E-state index contributed by atoms with van der Waals surface area (Å²) in [6.07, 6.45) is 2.80. The molecule has 2 aromatic heterocycles. The molecule has 0 spiro atoms. The number of aliphatic hydroxyl groups is 1. The van der Waals surface area contributed by atoms with Crippen LogP contribution in [0.1, 0.15) is 21.2 Å². The maximum Gasteiger partial charge on any atom is 0.371 e. The average Bonchev–Trinajstić information content (AvgIpc) is 2.88. The molecule has 6 nitrogen and oxygen atoms in total. The first-order valence-electron chi connectivity index (χ1n) is 5.59. The summed E-state index contributed by atoms with van der Waals surface area (Å²) in [7, 11) is 0. The summed E-state index contributed by atoms with van der Waals surface area (Å²) in [5, 5.41) is 19.7. The van der Waals surface area contributed by atoms with Crippen molar-refractivity contribution in [3.63, 3.8) is 0 Å². The number of rotatable bonds is 5. The average molecular weight is 290 g/mol. The second-order valence-electron chi connectivity index (χ2n) is 3.82. The maximum atomic E-state index is 11.7. The van der Waals surface area contributed by atoms with Crippen molar-refractivity contribution in [1.29, 1.82) is 0 Å². The van der Waals surface area contributed by atoms with Crippen LogP contribution in [0.4, 0.5) is 0 Å². The molecule has 0 aliphatic heterocycles. The predicted molar refractivity (Wildman–Crippen MR) is 71.8 cm³/mol. The highest BCUT2D eigenvalue weighted by Crippen LogP contribution is 2.14. The van der Waals surface area contributed by atoms with Crippen LogP contribution < -0.4 is 0 Å². The standard InChI is InChI=1S/C13H10N2O4S/c16-10(6-11(17)13(18)19)9-7-20-12(15-9)5-8-3-1-2-4-14-8/h1-4,6-7,17H,5H2,(H,18,19). The Bertz CT molecular complexity index is 664. The predicted octanol–water partition coefficient (Wildman–Crippen LogP) is 1.84. The lowest BCUT2D eigenvalue weighted by molar-refractivity contribution is -0.135. The molecule has 2 aromatic rings. The van der Waals surface area contributed by atoms with E-state index in [1.54, 1.807) is 12.3 Å². The number of carboxylic acid groups (broad SMARTS) is 1. The van der Waals surface area contributed by atoms with Crippen molar-refractivity contribution in [3.05, 3.63) is 58.0 Å². The first kappa shape index (κ1) is 13.9. The van der Waals surface area contributed by atoms with Crippen LogP contribution in [-0.2, 0) is 11.2 Å². The third kappa shape index (κ3) is 3.48. The number of aliphatic hydroxyl groups excluding tert-OH is 1. The van der Waals surface area contributed by atoms with E-state index in [0.717, 1.165) is 5.69 Å². The Kier molecular flexibility index (Phi) is 4.21. The normalized spacial score (nSPS) is 11.3. The fraction of sp³-hybridized carbons (Fsp3) is 0.0769. The van der Waals surface area contributed by atoms with Gasteiger partial charge in [-0.05, 0) is 12.1 Å².